The molecule has 1 heterocycles. The van der Waals surface area contributed by atoms with E-state index >= 15 is 0 Å². The number of nitrogens with zero attached hydrogens (tertiary/aromatic N) is 2. The third-order valence-electron chi connectivity index (χ3n) is 3.09. The number of methoxy groups -OCH3 is 1. The lowest BCUT2D eigenvalue weighted by molar-refractivity contribution is 0.396. The summed E-state index contributed by atoms with van der Waals surface area (Å²) in [7, 11) is 1.59. The number of ether oxygens (including phenoxy) is 1. The highest BCUT2D eigenvalue weighted by atomic mass is 35.5. The van der Waals surface area contributed by atoms with Gasteiger partial charge in [-0.25, -0.2) is 0 Å². The van der Waals surface area contributed by atoms with Crippen LogP contribution in [0.15, 0.2) is 12.4 Å². The minimum atomic E-state index is 0.172. The van der Waals surface area contributed by atoms with Gasteiger partial charge in [0.15, 0.2) is 0 Å². The van der Waals surface area contributed by atoms with Crippen molar-refractivity contribution in [2.24, 2.45) is 0 Å². The van der Waals surface area contributed by atoms with Gasteiger partial charge >= 0.3 is 0 Å². The van der Waals surface area contributed by atoms with Crippen molar-refractivity contribution < 1.29 is 4.74 Å². The zero-order chi connectivity index (χ0) is 12.1. The van der Waals surface area contributed by atoms with Crippen LogP contribution < -0.4 is 10.1 Å². The molecule has 0 aromatic carbocycles. The summed E-state index contributed by atoms with van der Waals surface area (Å²) in [5, 5.41) is 3.53. The largest absolute Gasteiger partial charge is 0.480 e. The maximum atomic E-state index is 6.37. The van der Waals surface area contributed by atoms with E-state index in [1.54, 1.807) is 19.5 Å². The second-order valence-electron chi connectivity index (χ2n) is 4.35. The fourth-order valence-corrected chi connectivity index (χ4v) is 2.47. The van der Waals surface area contributed by atoms with Crippen LogP contribution >= 0.6 is 11.6 Å². The monoisotopic (exact) mass is 255 g/mol. The number of nitrogens with one attached hydrogen (secondary N) is 1. The van der Waals surface area contributed by atoms with Gasteiger partial charge in [-0.05, 0) is 12.8 Å². The average Bonchev–Trinajstić information content (AvgIpc) is 2.55. The Morgan fingerprint density at radius 1 is 1.29 bits per heavy atom. The summed E-state index contributed by atoms with van der Waals surface area (Å²) < 4.78 is 5.05. The summed E-state index contributed by atoms with van der Waals surface area (Å²) in [6, 6.07) is 0.278. The lowest BCUT2D eigenvalue weighted by Crippen LogP contribution is -2.29. The molecule has 4 nitrogen and oxygen atoms in total. The molecule has 2 atom stereocenters. The van der Waals surface area contributed by atoms with Crippen LogP contribution in [0.4, 0.5) is 5.82 Å². The Hall–Kier alpha value is -1.03. The van der Waals surface area contributed by atoms with Crippen molar-refractivity contribution in [1.29, 1.82) is 0 Å². The summed E-state index contributed by atoms with van der Waals surface area (Å²) in [6.45, 7) is 0. The zero-order valence-corrected chi connectivity index (χ0v) is 10.8. The quantitative estimate of drug-likeness (QED) is 0.667. The number of halogens is 1. The predicted molar refractivity (Wildman–Crippen MR) is 68.7 cm³/mol. The molecule has 0 saturated heterocycles. The molecular weight excluding hydrogens is 238 g/mol. The molecular formula is C12H18ClN3O. The molecule has 0 amide bonds. The van der Waals surface area contributed by atoms with Gasteiger partial charge in [-0.3, -0.25) is 4.98 Å². The van der Waals surface area contributed by atoms with Crippen LogP contribution in [-0.2, 0) is 0 Å². The minimum Gasteiger partial charge on any atom is -0.480 e. The predicted octanol–water partition coefficient (Wildman–Crippen LogP) is 2.84. The van der Waals surface area contributed by atoms with Crippen LogP contribution in [0.25, 0.3) is 0 Å². The maximum Gasteiger partial charge on any atom is 0.233 e. The highest BCUT2D eigenvalue weighted by molar-refractivity contribution is 6.21. The Kier molecular flexibility index (Phi) is 4.42. The number of hydrogen-bond donors (Lipinski definition) is 1. The van der Waals surface area contributed by atoms with E-state index in [1.807, 2.05) is 0 Å². The van der Waals surface area contributed by atoms with Crippen molar-refractivity contribution in [3.05, 3.63) is 12.4 Å². The van der Waals surface area contributed by atoms with Gasteiger partial charge in [-0.1, -0.05) is 19.3 Å². The molecule has 2 rings (SSSR count). The Morgan fingerprint density at radius 3 is 2.94 bits per heavy atom. The fourth-order valence-electron chi connectivity index (χ4n) is 2.13. The Bertz CT molecular complexity index is 361. The zero-order valence-electron chi connectivity index (χ0n) is 10.0. The van der Waals surface area contributed by atoms with Crippen molar-refractivity contribution in [2.45, 2.75) is 43.5 Å². The first kappa shape index (κ1) is 12.4. The molecule has 17 heavy (non-hydrogen) atoms. The summed E-state index contributed by atoms with van der Waals surface area (Å²) >= 11 is 6.37. The SMILES string of the molecule is COc1cncc(NC2CCCCCC2Cl)n1. The molecule has 5 heteroatoms. The smallest absolute Gasteiger partial charge is 0.233 e. The molecule has 0 radical (unpaired) electrons. The van der Waals surface area contributed by atoms with Crippen molar-refractivity contribution >= 4 is 17.4 Å². The molecule has 0 spiro atoms. The molecule has 1 aliphatic carbocycles. The summed E-state index contributed by atoms with van der Waals surface area (Å²) in [6.07, 6.45) is 9.16. The van der Waals surface area contributed by atoms with Gasteiger partial charge in [-0.15, -0.1) is 11.6 Å². The molecule has 0 bridgehead atoms. The average molecular weight is 256 g/mol. The second-order valence-corrected chi connectivity index (χ2v) is 4.91. The van der Waals surface area contributed by atoms with Crippen LogP contribution in [0.2, 0.25) is 0 Å². The molecule has 1 aromatic rings. The van der Waals surface area contributed by atoms with Crippen LogP contribution in [0.1, 0.15) is 32.1 Å². The number of rotatable bonds is 3. The summed E-state index contributed by atoms with van der Waals surface area (Å²) in [5.41, 5.74) is 0. The van der Waals surface area contributed by atoms with Gasteiger partial charge < -0.3 is 10.1 Å². The van der Waals surface area contributed by atoms with E-state index in [-0.39, 0.29) is 11.4 Å². The molecule has 94 valence electrons. The topological polar surface area (TPSA) is 47.0 Å². The third-order valence-corrected chi connectivity index (χ3v) is 3.61. The first-order valence-corrected chi connectivity index (χ1v) is 6.50. The minimum absolute atomic E-state index is 0.172. The van der Waals surface area contributed by atoms with Crippen LogP contribution in [0.5, 0.6) is 5.88 Å². The van der Waals surface area contributed by atoms with Crippen molar-refractivity contribution in [3.63, 3.8) is 0 Å². The van der Waals surface area contributed by atoms with Gasteiger partial charge in [-0.2, -0.15) is 4.98 Å². The van der Waals surface area contributed by atoms with E-state index < -0.39 is 0 Å². The fraction of sp³-hybridized carbons (Fsp3) is 0.667. The standard InChI is InChI=1S/C12H18ClN3O/c1-17-12-8-14-7-11(16-12)15-10-6-4-2-3-5-9(10)13/h7-10H,2-6H2,1H3,(H,15,16). The van der Waals surface area contributed by atoms with Crippen molar-refractivity contribution in [3.8, 4) is 5.88 Å². The van der Waals surface area contributed by atoms with E-state index in [2.05, 4.69) is 15.3 Å². The van der Waals surface area contributed by atoms with Crippen LogP contribution in [0.3, 0.4) is 0 Å². The highest BCUT2D eigenvalue weighted by Gasteiger charge is 2.21. The van der Waals surface area contributed by atoms with E-state index in [4.69, 9.17) is 16.3 Å². The molecule has 1 saturated carbocycles. The van der Waals surface area contributed by atoms with Gasteiger partial charge in [0.25, 0.3) is 0 Å². The maximum absolute atomic E-state index is 6.37. The van der Waals surface area contributed by atoms with Gasteiger partial charge in [0.05, 0.1) is 24.9 Å². The number of aromatic nitrogens is 2. The van der Waals surface area contributed by atoms with Gasteiger partial charge in [0.2, 0.25) is 5.88 Å². The Labute approximate surface area is 107 Å². The Morgan fingerprint density at radius 2 is 2.12 bits per heavy atom. The molecule has 1 fully saturated rings. The second kappa shape index (κ2) is 6.05. The van der Waals surface area contributed by atoms with E-state index in [0.717, 1.165) is 18.7 Å². The summed E-state index contributed by atoms with van der Waals surface area (Å²) in [4.78, 5) is 8.37. The molecule has 1 N–H and O–H groups in total. The number of alkyl halides is 1. The lowest BCUT2D eigenvalue weighted by atomic mass is 10.1. The third kappa shape index (κ3) is 3.46. The first-order valence-electron chi connectivity index (χ1n) is 6.06. The van der Waals surface area contributed by atoms with Crippen molar-refractivity contribution in [2.75, 3.05) is 12.4 Å². The van der Waals surface area contributed by atoms with E-state index in [9.17, 15) is 0 Å². The van der Waals surface area contributed by atoms with E-state index in [1.165, 1.54) is 19.3 Å². The van der Waals surface area contributed by atoms with Crippen molar-refractivity contribution in [1.82, 2.24) is 9.97 Å². The molecule has 1 aromatic heterocycles. The van der Waals surface area contributed by atoms with E-state index in [0.29, 0.717) is 5.88 Å². The van der Waals surface area contributed by atoms with Crippen LogP contribution in [-0.4, -0.2) is 28.5 Å². The molecule has 1 aliphatic rings. The normalized spacial score (nSPS) is 25.1. The summed E-state index contributed by atoms with van der Waals surface area (Å²) in [5.74, 6) is 1.26. The van der Waals surface area contributed by atoms with Gasteiger partial charge in [0.1, 0.15) is 5.82 Å². The molecule has 2 unspecified atom stereocenters. The number of anilines is 1. The first-order chi connectivity index (χ1) is 8.29. The Balaban J connectivity index is 2.02. The molecule has 0 aliphatic heterocycles. The lowest BCUT2D eigenvalue weighted by Gasteiger charge is -2.21. The number of hydrogen-bond acceptors (Lipinski definition) is 4. The highest BCUT2D eigenvalue weighted by Crippen LogP contribution is 2.24. The van der Waals surface area contributed by atoms with Crippen LogP contribution in [0, 0.1) is 0 Å². The van der Waals surface area contributed by atoms with Gasteiger partial charge in [0, 0.05) is 6.04 Å².